The molecule has 0 unspecified atom stereocenters. The first kappa shape index (κ1) is 4.52. The van der Waals surface area contributed by atoms with Crippen LogP contribution in [0.3, 0.4) is 0 Å². The van der Waals surface area contributed by atoms with Crippen LogP contribution >= 0.6 is 0 Å². The molecule has 1 rings (SSSR count). The van der Waals surface area contributed by atoms with Crippen molar-refractivity contribution in [3.05, 3.63) is 19.2 Å². The SMILES string of the molecule is CC1=[CH][BiH][CH]=C1. The number of hydrogen-bond donors (Lipinski definition) is 0. The molecule has 1 heteroatoms. The zero-order valence-corrected chi connectivity index (χ0v) is 7.62. The Morgan fingerprint density at radius 3 is 2.67 bits per heavy atom. The number of hydrogen-bond acceptors (Lipinski definition) is 0. The molecule has 0 saturated carbocycles. The Morgan fingerprint density at radius 1 is 1.67 bits per heavy atom. The molecule has 0 radical (unpaired) electrons. The summed E-state index contributed by atoms with van der Waals surface area (Å²) in [6.45, 7) is 2.16. The van der Waals surface area contributed by atoms with Crippen LogP contribution in [0.4, 0.5) is 0 Å². The van der Waals surface area contributed by atoms with Gasteiger partial charge in [-0.3, -0.25) is 0 Å². The Bertz CT molecular complexity index is 97.8. The average Bonchev–Trinajstić information content (AvgIpc) is 1.86. The first-order valence-electron chi connectivity index (χ1n) is 1.99. The van der Waals surface area contributed by atoms with E-state index in [1.165, 1.54) is 5.57 Å². The van der Waals surface area contributed by atoms with Crippen LogP contribution in [0.25, 0.3) is 0 Å². The Balaban J connectivity index is 2.68. The van der Waals surface area contributed by atoms with E-state index in [-0.39, 0.29) is 23.2 Å². The van der Waals surface area contributed by atoms with Gasteiger partial charge in [0.1, 0.15) is 0 Å². The van der Waals surface area contributed by atoms with Crippen molar-refractivity contribution in [1.29, 1.82) is 0 Å². The molecular weight excluding hydrogens is 269 g/mol. The van der Waals surface area contributed by atoms with E-state index in [2.05, 4.69) is 20.6 Å². The van der Waals surface area contributed by atoms with Crippen LogP contribution in [0.5, 0.6) is 0 Å². The topological polar surface area (TPSA) is 0 Å². The van der Waals surface area contributed by atoms with Crippen molar-refractivity contribution in [3.8, 4) is 0 Å². The Labute approximate surface area is 49.5 Å². The molecule has 32 valence electrons. The van der Waals surface area contributed by atoms with Crippen LogP contribution in [0.1, 0.15) is 6.92 Å². The molecule has 6 heavy (non-hydrogen) atoms. The van der Waals surface area contributed by atoms with Gasteiger partial charge < -0.3 is 0 Å². The van der Waals surface area contributed by atoms with Crippen molar-refractivity contribution in [3.63, 3.8) is 0 Å². The normalized spacial score (nSPS) is 18.5. The Morgan fingerprint density at radius 2 is 2.50 bits per heavy atom. The third kappa shape index (κ3) is 0.910. The molecule has 0 spiro atoms. The molecule has 1 aliphatic heterocycles. The maximum absolute atomic E-state index is 2.40. The van der Waals surface area contributed by atoms with E-state index in [1.54, 1.807) is 0 Å². The maximum atomic E-state index is 2.40. The zero-order valence-electron chi connectivity index (χ0n) is 3.73. The van der Waals surface area contributed by atoms with Gasteiger partial charge in [-0.1, -0.05) is 0 Å². The van der Waals surface area contributed by atoms with E-state index < -0.39 is 0 Å². The molecule has 0 aliphatic carbocycles. The fourth-order valence-corrected chi connectivity index (χ4v) is 3.57. The van der Waals surface area contributed by atoms with Crippen molar-refractivity contribution in [2.45, 2.75) is 6.92 Å². The van der Waals surface area contributed by atoms with Gasteiger partial charge in [-0.05, 0) is 0 Å². The van der Waals surface area contributed by atoms with Gasteiger partial charge in [-0.15, -0.1) is 0 Å². The average molecular weight is 276 g/mol. The van der Waals surface area contributed by atoms with Crippen LogP contribution in [0.2, 0.25) is 0 Å². The van der Waals surface area contributed by atoms with Crippen LogP contribution < -0.4 is 0 Å². The molecule has 0 bridgehead atoms. The van der Waals surface area contributed by atoms with Crippen LogP contribution in [0, 0.1) is 0 Å². The predicted molar refractivity (Wildman–Crippen MR) is 30.0 cm³/mol. The summed E-state index contributed by atoms with van der Waals surface area (Å²) in [6.07, 6.45) is 2.23. The molecule has 1 heterocycles. The van der Waals surface area contributed by atoms with E-state index in [9.17, 15) is 0 Å². The van der Waals surface area contributed by atoms with Crippen molar-refractivity contribution >= 4 is 23.2 Å². The monoisotopic (exact) mass is 276 g/mol. The first-order valence-corrected chi connectivity index (χ1v) is 6.48. The fourth-order valence-electron chi connectivity index (χ4n) is 0.407. The Hall–Kier alpha value is 0.363. The van der Waals surface area contributed by atoms with E-state index >= 15 is 0 Å². The standard InChI is InChI=1S/C5H6.Bi.H/c1-4-5(2)3;;/h1-2,4H,3H3;;. The van der Waals surface area contributed by atoms with Gasteiger partial charge in [-0.25, -0.2) is 0 Å². The summed E-state index contributed by atoms with van der Waals surface area (Å²) < 4.78 is 4.76. The summed E-state index contributed by atoms with van der Waals surface area (Å²) in [5, 5.41) is 0. The van der Waals surface area contributed by atoms with Crippen molar-refractivity contribution in [2.75, 3.05) is 0 Å². The van der Waals surface area contributed by atoms with Crippen molar-refractivity contribution in [1.82, 2.24) is 0 Å². The van der Waals surface area contributed by atoms with Crippen LogP contribution in [-0.2, 0) is 0 Å². The molecule has 0 N–H and O–H groups in total. The van der Waals surface area contributed by atoms with Gasteiger partial charge in [0.05, 0.1) is 0 Å². The minimum atomic E-state index is -0.243. The number of rotatable bonds is 0. The van der Waals surface area contributed by atoms with E-state index in [0.29, 0.717) is 0 Å². The molecular formula is C5H7Bi. The summed E-state index contributed by atoms with van der Waals surface area (Å²) in [7, 11) is 0. The van der Waals surface area contributed by atoms with Crippen molar-refractivity contribution in [2.24, 2.45) is 0 Å². The van der Waals surface area contributed by atoms with Crippen LogP contribution in [0.15, 0.2) is 19.2 Å². The van der Waals surface area contributed by atoms with Crippen LogP contribution in [-0.4, -0.2) is 23.2 Å². The molecule has 0 saturated heterocycles. The molecule has 0 nitrogen and oxygen atoms in total. The molecule has 0 aromatic rings. The summed E-state index contributed by atoms with van der Waals surface area (Å²) in [4.78, 5) is 0. The van der Waals surface area contributed by atoms with Gasteiger partial charge >= 0.3 is 49.4 Å². The fraction of sp³-hybridized carbons (Fsp3) is 0.200. The van der Waals surface area contributed by atoms with Gasteiger partial charge in [0.2, 0.25) is 0 Å². The van der Waals surface area contributed by atoms with E-state index in [4.69, 9.17) is 0 Å². The molecule has 0 amide bonds. The second-order valence-corrected chi connectivity index (χ2v) is 5.10. The van der Waals surface area contributed by atoms with Gasteiger partial charge in [-0.2, -0.15) is 0 Å². The minimum absolute atomic E-state index is 0.243. The van der Waals surface area contributed by atoms with Gasteiger partial charge in [0.15, 0.2) is 0 Å². The summed E-state index contributed by atoms with van der Waals surface area (Å²) in [6, 6.07) is 0. The van der Waals surface area contributed by atoms with Crippen molar-refractivity contribution < 1.29 is 0 Å². The second-order valence-electron chi connectivity index (χ2n) is 1.39. The van der Waals surface area contributed by atoms with Gasteiger partial charge in [0, 0.05) is 0 Å². The molecule has 0 fully saturated rings. The summed E-state index contributed by atoms with van der Waals surface area (Å²) in [5.74, 6) is 0. The van der Waals surface area contributed by atoms with E-state index in [1.807, 2.05) is 0 Å². The Kier molecular flexibility index (Phi) is 1.42. The summed E-state index contributed by atoms with van der Waals surface area (Å²) in [5.41, 5.74) is 1.48. The molecule has 0 atom stereocenters. The van der Waals surface area contributed by atoms with Gasteiger partial charge in [0.25, 0.3) is 0 Å². The zero-order chi connectivity index (χ0) is 4.41. The summed E-state index contributed by atoms with van der Waals surface area (Å²) >= 11 is -0.243. The third-order valence-corrected chi connectivity index (χ3v) is 4.57. The predicted octanol–water partition coefficient (Wildman–Crippen LogP) is 0.854. The molecule has 0 aromatic carbocycles. The molecule has 0 aromatic heterocycles. The quantitative estimate of drug-likeness (QED) is 0.576. The third-order valence-electron chi connectivity index (χ3n) is 0.753. The number of allylic oxidation sites excluding steroid dienone is 2. The second kappa shape index (κ2) is 1.88. The van der Waals surface area contributed by atoms with E-state index in [0.717, 1.165) is 0 Å². The first-order chi connectivity index (χ1) is 2.89. The molecule has 1 aliphatic rings.